The molecular weight excluding hydrogens is 164 g/mol. The highest BCUT2D eigenvalue weighted by Crippen LogP contribution is 2.39. The number of hydrogen-bond acceptors (Lipinski definition) is 2. The molecule has 3 heteroatoms. The van der Waals surface area contributed by atoms with E-state index in [9.17, 15) is 4.79 Å². The number of amidine groups is 1. The summed E-state index contributed by atoms with van der Waals surface area (Å²) in [4.78, 5) is 16.1. The molecule has 0 bridgehead atoms. The van der Waals surface area contributed by atoms with E-state index in [1.807, 2.05) is 13.8 Å². The van der Waals surface area contributed by atoms with Crippen LogP contribution in [-0.4, -0.2) is 11.7 Å². The molecule has 0 aromatic rings. The molecule has 0 saturated heterocycles. The molecule has 0 radical (unpaired) electrons. The highest BCUT2D eigenvalue weighted by Gasteiger charge is 2.41. The van der Waals surface area contributed by atoms with Gasteiger partial charge in [0.2, 0.25) is 5.91 Å². The van der Waals surface area contributed by atoms with Gasteiger partial charge in [-0.1, -0.05) is 6.08 Å². The lowest BCUT2D eigenvalue weighted by Gasteiger charge is -2.35. The lowest BCUT2D eigenvalue weighted by atomic mass is 9.76. The van der Waals surface area contributed by atoms with Crippen molar-refractivity contribution in [2.75, 3.05) is 0 Å². The van der Waals surface area contributed by atoms with Crippen molar-refractivity contribution in [3.8, 4) is 0 Å². The molecule has 2 rings (SSSR count). The molecule has 3 nitrogen and oxygen atoms in total. The normalized spacial score (nSPS) is 32.9. The number of carbonyl (C=O) groups excluding carboxylic acids is 1. The van der Waals surface area contributed by atoms with Crippen molar-refractivity contribution in [2.45, 2.75) is 33.1 Å². The van der Waals surface area contributed by atoms with Crippen molar-refractivity contribution in [2.24, 2.45) is 10.4 Å². The first-order valence-corrected chi connectivity index (χ1v) is 4.70. The maximum absolute atomic E-state index is 11.7. The van der Waals surface area contributed by atoms with Gasteiger partial charge in [-0.25, -0.2) is 4.99 Å². The van der Waals surface area contributed by atoms with Crippen LogP contribution in [0.1, 0.15) is 33.1 Å². The number of hydrogen-bond donors (Lipinski definition) is 1. The maximum Gasteiger partial charge on any atom is 0.237 e. The largest absolute Gasteiger partial charge is 0.314 e. The number of fused-ring (bicyclic) bond motifs is 1. The van der Waals surface area contributed by atoms with Crippen LogP contribution in [-0.2, 0) is 4.79 Å². The third kappa shape index (κ3) is 1.19. The van der Waals surface area contributed by atoms with Crippen molar-refractivity contribution in [1.29, 1.82) is 0 Å². The topological polar surface area (TPSA) is 41.5 Å². The van der Waals surface area contributed by atoms with Crippen LogP contribution < -0.4 is 5.32 Å². The summed E-state index contributed by atoms with van der Waals surface area (Å²) in [7, 11) is 0. The number of amides is 1. The van der Waals surface area contributed by atoms with Crippen LogP contribution in [0.25, 0.3) is 0 Å². The van der Waals surface area contributed by atoms with Gasteiger partial charge in [0.25, 0.3) is 0 Å². The first-order chi connectivity index (χ1) is 6.13. The quantitative estimate of drug-likeness (QED) is 0.601. The van der Waals surface area contributed by atoms with Gasteiger partial charge in [-0.3, -0.25) is 4.79 Å². The zero-order valence-electron chi connectivity index (χ0n) is 8.05. The first kappa shape index (κ1) is 8.48. The molecule has 2 aliphatic rings. The van der Waals surface area contributed by atoms with Crippen LogP contribution in [0.5, 0.6) is 0 Å². The summed E-state index contributed by atoms with van der Waals surface area (Å²) in [5.41, 5.74) is 0.595. The minimum atomic E-state index is -0.363. The predicted octanol–water partition coefficient (Wildman–Crippen LogP) is 1.61. The Morgan fingerprint density at radius 3 is 3.15 bits per heavy atom. The minimum Gasteiger partial charge on any atom is -0.314 e. The summed E-state index contributed by atoms with van der Waals surface area (Å²) in [6.07, 6.45) is 5.14. The molecule has 1 unspecified atom stereocenters. The molecule has 13 heavy (non-hydrogen) atoms. The fourth-order valence-electron chi connectivity index (χ4n) is 1.96. The van der Waals surface area contributed by atoms with Gasteiger partial charge in [0, 0.05) is 0 Å². The molecule has 0 saturated carbocycles. The average molecular weight is 178 g/mol. The second-order valence-electron chi connectivity index (χ2n) is 3.97. The van der Waals surface area contributed by atoms with Gasteiger partial charge in [-0.15, -0.1) is 0 Å². The van der Waals surface area contributed by atoms with E-state index in [0.717, 1.165) is 30.8 Å². The molecule has 70 valence electrons. The fourth-order valence-corrected chi connectivity index (χ4v) is 1.96. The third-order valence-corrected chi connectivity index (χ3v) is 2.87. The summed E-state index contributed by atoms with van der Waals surface area (Å²) >= 11 is 0. The number of aliphatic imine (C=N–C) groups is 1. The molecule has 1 atom stereocenters. The van der Waals surface area contributed by atoms with Crippen molar-refractivity contribution in [3.63, 3.8) is 0 Å². The molecule has 0 fully saturated rings. The van der Waals surface area contributed by atoms with E-state index in [1.165, 1.54) is 0 Å². The van der Waals surface area contributed by atoms with Crippen molar-refractivity contribution < 1.29 is 4.79 Å². The summed E-state index contributed by atoms with van der Waals surface area (Å²) < 4.78 is 0. The van der Waals surface area contributed by atoms with E-state index >= 15 is 0 Å². The minimum absolute atomic E-state index is 0.103. The zero-order chi connectivity index (χ0) is 9.47. The van der Waals surface area contributed by atoms with Crippen molar-refractivity contribution in [3.05, 3.63) is 11.8 Å². The summed E-state index contributed by atoms with van der Waals surface area (Å²) in [5.74, 6) is 0.821. The summed E-state index contributed by atoms with van der Waals surface area (Å²) in [5, 5.41) is 2.79. The second kappa shape index (κ2) is 2.69. The van der Waals surface area contributed by atoms with E-state index in [2.05, 4.69) is 16.4 Å². The molecule has 0 aromatic heterocycles. The summed E-state index contributed by atoms with van der Waals surface area (Å²) in [6.45, 7) is 3.80. The lowest BCUT2D eigenvalue weighted by Crippen LogP contribution is -2.46. The second-order valence-corrected chi connectivity index (χ2v) is 3.97. The summed E-state index contributed by atoms with van der Waals surface area (Å²) in [6, 6.07) is 0. The van der Waals surface area contributed by atoms with E-state index < -0.39 is 0 Å². The van der Waals surface area contributed by atoms with Crippen LogP contribution >= 0.6 is 0 Å². The van der Waals surface area contributed by atoms with E-state index in [-0.39, 0.29) is 11.3 Å². The Balaban J connectivity index is 2.47. The average Bonchev–Trinajstić information content (AvgIpc) is 2.07. The fraction of sp³-hybridized carbons (Fsp3) is 0.600. The van der Waals surface area contributed by atoms with Gasteiger partial charge >= 0.3 is 0 Å². The number of allylic oxidation sites excluding steroid dienone is 1. The Morgan fingerprint density at radius 2 is 2.38 bits per heavy atom. The maximum atomic E-state index is 11.7. The molecule has 1 aliphatic heterocycles. The molecule has 0 spiro atoms. The van der Waals surface area contributed by atoms with E-state index in [0.29, 0.717) is 0 Å². The Labute approximate surface area is 77.9 Å². The third-order valence-electron chi connectivity index (χ3n) is 2.87. The van der Waals surface area contributed by atoms with E-state index in [1.54, 1.807) is 0 Å². The number of rotatable bonds is 0. The predicted molar refractivity (Wildman–Crippen MR) is 51.3 cm³/mol. The van der Waals surface area contributed by atoms with Crippen LogP contribution in [0.3, 0.4) is 0 Å². The van der Waals surface area contributed by atoms with Crippen LogP contribution in [0.4, 0.5) is 0 Å². The van der Waals surface area contributed by atoms with Gasteiger partial charge in [0.15, 0.2) is 0 Å². The molecular formula is C10H14N2O. The lowest BCUT2D eigenvalue weighted by molar-refractivity contribution is -0.127. The van der Waals surface area contributed by atoms with Gasteiger partial charge in [0.1, 0.15) is 5.84 Å². The molecule has 1 amide bonds. The standard InChI is InChI=1S/C10H14N2O/c1-7-11-8-5-3-4-6-10(8,2)9(13)12-7/h5H,3-4,6H2,1-2H3,(H,11,12,13). The van der Waals surface area contributed by atoms with E-state index in [4.69, 9.17) is 0 Å². The van der Waals surface area contributed by atoms with Crippen LogP contribution in [0, 0.1) is 5.41 Å². The van der Waals surface area contributed by atoms with Crippen molar-refractivity contribution >= 4 is 11.7 Å². The number of nitrogens with one attached hydrogen (secondary N) is 1. The Kier molecular flexibility index (Phi) is 1.75. The Hall–Kier alpha value is -1.12. The van der Waals surface area contributed by atoms with Crippen molar-refractivity contribution in [1.82, 2.24) is 5.32 Å². The number of carbonyl (C=O) groups is 1. The van der Waals surface area contributed by atoms with Gasteiger partial charge < -0.3 is 5.32 Å². The molecule has 1 heterocycles. The monoisotopic (exact) mass is 178 g/mol. The number of nitrogens with zero attached hydrogens (tertiary/aromatic N) is 1. The van der Waals surface area contributed by atoms with Gasteiger partial charge in [-0.2, -0.15) is 0 Å². The molecule has 1 N–H and O–H groups in total. The van der Waals surface area contributed by atoms with Crippen LogP contribution in [0.2, 0.25) is 0 Å². The smallest absolute Gasteiger partial charge is 0.237 e. The van der Waals surface area contributed by atoms with Crippen LogP contribution in [0.15, 0.2) is 16.8 Å². The Morgan fingerprint density at radius 1 is 1.62 bits per heavy atom. The first-order valence-electron chi connectivity index (χ1n) is 4.70. The van der Waals surface area contributed by atoms with Gasteiger partial charge in [-0.05, 0) is 33.1 Å². The Bertz CT molecular complexity index is 317. The molecule has 1 aliphatic carbocycles. The zero-order valence-corrected chi connectivity index (χ0v) is 8.05. The molecule has 0 aromatic carbocycles. The highest BCUT2D eigenvalue weighted by molar-refractivity contribution is 6.03. The highest BCUT2D eigenvalue weighted by atomic mass is 16.2. The SMILES string of the molecule is CC1=NC2=CCCCC2(C)C(=O)N1. The van der Waals surface area contributed by atoms with Gasteiger partial charge in [0.05, 0.1) is 11.1 Å².